The summed E-state index contributed by atoms with van der Waals surface area (Å²) < 4.78 is 10.3. The van der Waals surface area contributed by atoms with Crippen LogP contribution in [0, 0.1) is 0 Å². The van der Waals surface area contributed by atoms with E-state index < -0.39 is 35.8 Å². The first kappa shape index (κ1) is 20.1. The fourth-order valence-electron chi connectivity index (χ4n) is 2.79. The molecule has 1 saturated heterocycles. The first-order chi connectivity index (χ1) is 14.0. The molecule has 10 heteroatoms. The van der Waals surface area contributed by atoms with E-state index in [-0.39, 0.29) is 12.4 Å². The summed E-state index contributed by atoms with van der Waals surface area (Å²) in [5.41, 5.74) is 0.776. The molecule has 3 amide bonds. The molecule has 2 heterocycles. The van der Waals surface area contributed by atoms with Gasteiger partial charge in [-0.05, 0) is 18.4 Å². The summed E-state index contributed by atoms with van der Waals surface area (Å²) in [6.07, 6.45) is 2.35. The molecular weight excluding hydrogens is 380 g/mol. The van der Waals surface area contributed by atoms with Gasteiger partial charge in [-0.15, -0.1) is 0 Å². The zero-order valence-electron chi connectivity index (χ0n) is 15.4. The van der Waals surface area contributed by atoms with Crippen molar-refractivity contribution >= 4 is 23.7 Å². The zero-order valence-corrected chi connectivity index (χ0v) is 15.4. The Kier molecular flexibility index (Phi) is 6.56. The van der Waals surface area contributed by atoms with Crippen LogP contribution in [0.25, 0.3) is 0 Å². The normalized spacial score (nSPS) is 17.6. The maximum atomic E-state index is 12.7. The molecule has 1 fully saturated rings. The van der Waals surface area contributed by atoms with Crippen molar-refractivity contribution in [3.8, 4) is 0 Å². The van der Waals surface area contributed by atoms with Crippen LogP contribution < -0.4 is 16.0 Å². The molecule has 2 aromatic rings. The number of rotatable bonds is 6. The summed E-state index contributed by atoms with van der Waals surface area (Å²) in [6, 6.07) is 6.76. The van der Waals surface area contributed by atoms with Gasteiger partial charge in [-0.2, -0.15) is 0 Å². The Morgan fingerprint density at radius 1 is 1.28 bits per heavy atom. The molecule has 0 bridgehead atoms. The number of Topliss-reactive ketones (excluding diaryl/α,β-unsaturated/α-hetero) is 1. The Balaban J connectivity index is 1.65. The predicted molar refractivity (Wildman–Crippen MR) is 98.2 cm³/mol. The number of benzene rings is 1. The molecule has 1 aliphatic heterocycles. The van der Waals surface area contributed by atoms with E-state index in [0.29, 0.717) is 19.4 Å². The Morgan fingerprint density at radius 3 is 2.79 bits per heavy atom. The molecule has 29 heavy (non-hydrogen) atoms. The number of hydrogen-bond acceptors (Lipinski definition) is 7. The third-order valence-corrected chi connectivity index (χ3v) is 4.28. The van der Waals surface area contributed by atoms with Crippen LogP contribution in [0.3, 0.4) is 0 Å². The topological polar surface area (TPSA) is 140 Å². The van der Waals surface area contributed by atoms with Crippen molar-refractivity contribution in [3.05, 3.63) is 54.2 Å². The number of ether oxygens (including phenoxy) is 1. The van der Waals surface area contributed by atoms with Gasteiger partial charge in [-0.25, -0.2) is 9.78 Å². The molecule has 0 aliphatic carbocycles. The van der Waals surface area contributed by atoms with Gasteiger partial charge in [-0.1, -0.05) is 30.3 Å². The van der Waals surface area contributed by atoms with Crippen molar-refractivity contribution in [1.82, 2.24) is 20.9 Å². The van der Waals surface area contributed by atoms with E-state index in [1.165, 1.54) is 6.20 Å². The standard InChI is InChI=1S/C19H20N4O6/c24-16-13(7-4-8-21-18(16)26)22-17(25)15(14-9-20-11-29-14)23-19(27)28-10-12-5-2-1-3-6-12/h1-3,5-6,9,11,13,15H,4,7-8,10H2,(H,21,26)(H,22,25)(H,23,27). The molecular formula is C19H20N4O6. The van der Waals surface area contributed by atoms with Gasteiger partial charge in [-0.3, -0.25) is 14.4 Å². The average molecular weight is 400 g/mol. The van der Waals surface area contributed by atoms with Gasteiger partial charge >= 0.3 is 6.09 Å². The largest absolute Gasteiger partial charge is 0.446 e. The highest BCUT2D eigenvalue weighted by atomic mass is 16.5. The lowest BCUT2D eigenvalue weighted by Gasteiger charge is -2.19. The average Bonchev–Trinajstić information content (AvgIpc) is 3.22. The molecule has 3 rings (SSSR count). The molecule has 2 atom stereocenters. The highest BCUT2D eigenvalue weighted by Gasteiger charge is 2.33. The van der Waals surface area contributed by atoms with E-state index in [2.05, 4.69) is 20.9 Å². The molecule has 0 spiro atoms. The summed E-state index contributed by atoms with van der Waals surface area (Å²) in [7, 11) is 0. The molecule has 1 aromatic carbocycles. The maximum absolute atomic E-state index is 12.7. The summed E-state index contributed by atoms with van der Waals surface area (Å²) in [5.74, 6) is -2.14. The van der Waals surface area contributed by atoms with Gasteiger partial charge in [0.15, 0.2) is 18.2 Å². The van der Waals surface area contributed by atoms with Crippen LogP contribution in [0.4, 0.5) is 4.79 Å². The minimum Gasteiger partial charge on any atom is -0.446 e. The number of amides is 3. The van der Waals surface area contributed by atoms with Crippen LogP contribution >= 0.6 is 0 Å². The van der Waals surface area contributed by atoms with E-state index in [4.69, 9.17) is 9.15 Å². The number of carbonyl (C=O) groups excluding carboxylic acids is 4. The van der Waals surface area contributed by atoms with E-state index in [0.717, 1.165) is 12.0 Å². The van der Waals surface area contributed by atoms with Crippen molar-refractivity contribution in [1.29, 1.82) is 0 Å². The molecule has 10 nitrogen and oxygen atoms in total. The maximum Gasteiger partial charge on any atom is 0.408 e. The molecule has 2 unspecified atom stereocenters. The lowest BCUT2D eigenvalue weighted by atomic mass is 10.1. The highest BCUT2D eigenvalue weighted by Crippen LogP contribution is 2.14. The SMILES string of the molecule is O=C(NC(C(=O)NC1CCCNC(=O)C1=O)c1cnco1)OCc1ccccc1. The molecule has 1 aromatic heterocycles. The zero-order chi connectivity index (χ0) is 20.6. The molecule has 1 aliphatic rings. The molecule has 0 radical (unpaired) electrons. The quantitative estimate of drug-likeness (QED) is 0.604. The van der Waals surface area contributed by atoms with Gasteiger partial charge < -0.3 is 25.1 Å². The number of carbonyl (C=O) groups is 4. The van der Waals surface area contributed by atoms with Crippen LogP contribution in [-0.4, -0.2) is 41.3 Å². The number of oxazole rings is 1. The summed E-state index contributed by atoms with van der Waals surface area (Å²) >= 11 is 0. The Labute approximate surface area is 166 Å². The first-order valence-electron chi connectivity index (χ1n) is 9.02. The van der Waals surface area contributed by atoms with Crippen LogP contribution in [0.2, 0.25) is 0 Å². The molecule has 3 N–H and O–H groups in total. The fourth-order valence-corrected chi connectivity index (χ4v) is 2.79. The molecule has 152 valence electrons. The van der Waals surface area contributed by atoms with Crippen molar-refractivity contribution in [2.75, 3.05) is 6.54 Å². The van der Waals surface area contributed by atoms with E-state index in [9.17, 15) is 19.2 Å². The molecule has 0 saturated carbocycles. The van der Waals surface area contributed by atoms with Gasteiger partial charge in [0.25, 0.3) is 11.8 Å². The van der Waals surface area contributed by atoms with Gasteiger partial charge in [0.05, 0.1) is 12.2 Å². The van der Waals surface area contributed by atoms with Gasteiger partial charge in [0, 0.05) is 6.54 Å². The summed E-state index contributed by atoms with van der Waals surface area (Å²) in [5, 5.41) is 7.36. The third kappa shape index (κ3) is 5.41. The number of ketones is 1. The van der Waals surface area contributed by atoms with Crippen LogP contribution in [0.1, 0.15) is 30.2 Å². The first-order valence-corrected chi connectivity index (χ1v) is 9.02. The lowest BCUT2D eigenvalue weighted by molar-refractivity contribution is -0.139. The summed E-state index contributed by atoms with van der Waals surface area (Å²) in [4.78, 5) is 52.4. The Bertz CT molecular complexity index is 868. The second-order valence-corrected chi connectivity index (χ2v) is 6.37. The van der Waals surface area contributed by atoms with E-state index in [1.807, 2.05) is 6.07 Å². The van der Waals surface area contributed by atoms with Crippen molar-refractivity contribution in [2.45, 2.75) is 31.5 Å². The number of nitrogens with one attached hydrogen (secondary N) is 3. The van der Waals surface area contributed by atoms with E-state index >= 15 is 0 Å². The number of hydrogen-bond donors (Lipinski definition) is 3. The fraction of sp³-hybridized carbons (Fsp3) is 0.316. The van der Waals surface area contributed by atoms with Gasteiger partial charge in [0.2, 0.25) is 5.78 Å². The van der Waals surface area contributed by atoms with Crippen molar-refractivity contribution in [2.24, 2.45) is 0 Å². The lowest BCUT2D eigenvalue weighted by Crippen LogP contribution is -2.49. The van der Waals surface area contributed by atoms with Crippen LogP contribution in [0.15, 0.2) is 47.3 Å². The van der Waals surface area contributed by atoms with Crippen LogP contribution in [-0.2, 0) is 25.7 Å². The van der Waals surface area contributed by atoms with Crippen LogP contribution in [0.5, 0.6) is 0 Å². The highest BCUT2D eigenvalue weighted by molar-refractivity contribution is 6.38. The second kappa shape index (κ2) is 9.49. The minimum atomic E-state index is -1.28. The third-order valence-electron chi connectivity index (χ3n) is 4.28. The number of aromatic nitrogens is 1. The predicted octanol–water partition coefficient (Wildman–Crippen LogP) is 0.606. The number of alkyl carbamates (subject to hydrolysis) is 1. The number of nitrogens with zero attached hydrogens (tertiary/aromatic N) is 1. The van der Waals surface area contributed by atoms with Crippen molar-refractivity contribution in [3.63, 3.8) is 0 Å². The van der Waals surface area contributed by atoms with Gasteiger partial charge in [0.1, 0.15) is 6.61 Å². The Hall–Kier alpha value is -3.69. The smallest absolute Gasteiger partial charge is 0.408 e. The summed E-state index contributed by atoms with van der Waals surface area (Å²) in [6.45, 7) is 0.366. The monoisotopic (exact) mass is 400 g/mol. The van der Waals surface area contributed by atoms with E-state index in [1.54, 1.807) is 24.3 Å². The minimum absolute atomic E-state index is 0.0126. The van der Waals surface area contributed by atoms with Crippen molar-refractivity contribution < 1.29 is 28.3 Å². The second-order valence-electron chi connectivity index (χ2n) is 6.37. The Morgan fingerprint density at radius 2 is 2.07 bits per heavy atom.